The SMILES string of the molecule is CCC(C)C/C(C(=O)O)=C(/CCCCCCN1CCOCC1)C(=O)O. The van der Waals surface area contributed by atoms with E-state index >= 15 is 0 Å². The van der Waals surface area contributed by atoms with Gasteiger partial charge in [-0.2, -0.15) is 0 Å². The van der Waals surface area contributed by atoms with Gasteiger partial charge in [0.15, 0.2) is 0 Å². The van der Waals surface area contributed by atoms with Crippen molar-refractivity contribution in [2.24, 2.45) is 5.92 Å². The Morgan fingerprint density at radius 3 is 2.16 bits per heavy atom. The van der Waals surface area contributed by atoms with Gasteiger partial charge in [0.2, 0.25) is 0 Å². The van der Waals surface area contributed by atoms with E-state index in [2.05, 4.69) is 4.90 Å². The highest BCUT2D eigenvalue weighted by Gasteiger charge is 2.21. The van der Waals surface area contributed by atoms with Gasteiger partial charge in [0.05, 0.1) is 13.2 Å². The van der Waals surface area contributed by atoms with Gasteiger partial charge in [0, 0.05) is 24.2 Å². The Labute approximate surface area is 150 Å². The summed E-state index contributed by atoms with van der Waals surface area (Å²) in [6.45, 7) is 8.58. The lowest BCUT2D eigenvalue weighted by Crippen LogP contribution is -2.36. The lowest BCUT2D eigenvalue weighted by molar-refractivity contribution is -0.136. The van der Waals surface area contributed by atoms with Crippen molar-refractivity contribution in [3.8, 4) is 0 Å². The predicted molar refractivity (Wildman–Crippen MR) is 96.7 cm³/mol. The van der Waals surface area contributed by atoms with E-state index in [1.807, 2.05) is 13.8 Å². The predicted octanol–water partition coefficient (Wildman–Crippen LogP) is 3.17. The Bertz CT molecular complexity index is 455. The Morgan fingerprint density at radius 1 is 1.00 bits per heavy atom. The standard InChI is InChI=1S/C19H33NO5/c1-3-15(2)14-17(19(23)24)16(18(21)22)8-6-4-5-7-9-20-10-12-25-13-11-20/h15H,3-14H2,1-2H3,(H,21,22)(H,23,24)/b17-16+. The fourth-order valence-corrected chi connectivity index (χ4v) is 3.03. The average Bonchev–Trinajstić information content (AvgIpc) is 2.59. The highest BCUT2D eigenvalue weighted by atomic mass is 16.5. The maximum atomic E-state index is 11.5. The number of rotatable bonds is 12. The van der Waals surface area contributed by atoms with Crippen LogP contribution in [0.4, 0.5) is 0 Å². The highest BCUT2D eigenvalue weighted by Crippen LogP contribution is 2.22. The van der Waals surface area contributed by atoms with Crippen molar-refractivity contribution in [3.05, 3.63) is 11.1 Å². The van der Waals surface area contributed by atoms with Crippen LogP contribution in [0.1, 0.15) is 58.8 Å². The molecule has 1 atom stereocenters. The molecule has 0 amide bonds. The van der Waals surface area contributed by atoms with Crippen molar-refractivity contribution < 1.29 is 24.5 Å². The van der Waals surface area contributed by atoms with Gasteiger partial charge in [-0.1, -0.05) is 33.1 Å². The zero-order chi connectivity index (χ0) is 18.7. The van der Waals surface area contributed by atoms with Crippen LogP contribution < -0.4 is 0 Å². The zero-order valence-electron chi connectivity index (χ0n) is 15.6. The second-order valence-corrected chi connectivity index (χ2v) is 6.90. The van der Waals surface area contributed by atoms with E-state index in [-0.39, 0.29) is 17.1 Å². The molecule has 0 aliphatic carbocycles. The van der Waals surface area contributed by atoms with Crippen LogP contribution in [0.3, 0.4) is 0 Å². The van der Waals surface area contributed by atoms with E-state index in [0.717, 1.165) is 65.0 Å². The van der Waals surface area contributed by atoms with E-state index in [4.69, 9.17) is 4.74 Å². The molecule has 0 bridgehead atoms. The number of carboxylic acids is 2. The second-order valence-electron chi connectivity index (χ2n) is 6.90. The van der Waals surface area contributed by atoms with Gasteiger partial charge in [-0.15, -0.1) is 0 Å². The maximum absolute atomic E-state index is 11.5. The summed E-state index contributed by atoms with van der Waals surface area (Å²) in [6, 6.07) is 0. The fourth-order valence-electron chi connectivity index (χ4n) is 3.03. The lowest BCUT2D eigenvalue weighted by Gasteiger charge is -2.26. The molecule has 6 heteroatoms. The summed E-state index contributed by atoms with van der Waals surface area (Å²) in [6.07, 6.45) is 5.28. The number of carbonyl (C=O) groups is 2. The topological polar surface area (TPSA) is 87.1 Å². The number of hydrogen-bond acceptors (Lipinski definition) is 4. The molecule has 0 aromatic carbocycles. The van der Waals surface area contributed by atoms with Gasteiger partial charge in [-0.3, -0.25) is 4.90 Å². The first-order chi connectivity index (χ1) is 12.0. The van der Waals surface area contributed by atoms with Crippen LogP contribution >= 0.6 is 0 Å². The molecule has 1 unspecified atom stereocenters. The number of ether oxygens (including phenoxy) is 1. The van der Waals surface area contributed by atoms with Crippen LogP contribution in [-0.2, 0) is 14.3 Å². The van der Waals surface area contributed by atoms with Crippen molar-refractivity contribution in [1.82, 2.24) is 4.90 Å². The van der Waals surface area contributed by atoms with Gasteiger partial charge in [0.25, 0.3) is 0 Å². The maximum Gasteiger partial charge on any atom is 0.332 e. The van der Waals surface area contributed by atoms with E-state index in [1.54, 1.807) is 0 Å². The first-order valence-corrected chi connectivity index (χ1v) is 9.44. The zero-order valence-corrected chi connectivity index (χ0v) is 15.6. The number of unbranched alkanes of at least 4 members (excludes halogenated alkanes) is 3. The smallest absolute Gasteiger partial charge is 0.332 e. The first kappa shape index (κ1) is 21.6. The monoisotopic (exact) mass is 355 g/mol. The minimum Gasteiger partial charge on any atom is -0.478 e. The van der Waals surface area contributed by atoms with Gasteiger partial charge in [0.1, 0.15) is 0 Å². The summed E-state index contributed by atoms with van der Waals surface area (Å²) in [7, 11) is 0. The van der Waals surface area contributed by atoms with Gasteiger partial charge >= 0.3 is 11.9 Å². The second kappa shape index (κ2) is 12.0. The van der Waals surface area contributed by atoms with Crippen LogP contribution in [0.15, 0.2) is 11.1 Å². The lowest BCUT2D eigenvalue weighted by atomic mass is 9.92. The summed E-state index contributed by atoms with van der Waals surface area (Å²) in [5.41, 5.74) is 0.163. The van der Waals surface area contributed by atoms with Crippen molar-refractivity contribution in [3.63, 3.8) is 0 Å². The number of morpholine rings is 1. The van der Waals surface area contributed by atoms with Crippen molar-refractivity contribution in [2.45, 2.75) is 58.8 Å². The Morgan fingerprint density at radius 2 is 1.60 bits per heavy atom. The van der Waals surface area contributed by atoms with Crippen molar-refractivity contribution in [2.75, 3.05) is 32.8 Å². The molecule has 1 aliphatic rings. The number of carboxylic acid groups (broad SMARTS) is 2. The Kier molecular flexibility index (Phi) is 10.4. The molecule has 0 saturated carbocycles. The van der Waals surface area contributed by atoms with Crippen molar-refractivity contribution in [1.29, 1.82) is 0 Å². The molecule has 144 valence electrons. The molecule has 6 nitrogen and oxygen atoms in total. The molecular formula is C19H33NO5. The number of nitrogens with zero attached hydrogens (tertiary/aromatic N) is 1. The largest absolute Gasteiger partial charge is 0.478 e. The third kappa shape index (κ3) is 8.50. The van der Waals surface area contributed by atoms with E-state index < -0.39 is 11.9 Å². The Balaban J connectivity index is 2.41. The Hall–Kier alpha value is -1.40. The summed E-state index contributed by atoms with van der Waals surface area (Å²) < 4.78 is 5.32. The summed E-state index contributed by atoms with van der Waals surface area (Å²) in [5.74, 6) is -2.01. The summed E-state index contributed by atoms with van der Waals surface area (Å²) >= 11 is 0. The normalized spacial score (nSPS) is 17.8. The third-order valence-electron chi connectivity index (χ3n) is 4.88. The summed E-state index contributed by atoms with van der Waals surface area (Å²) in [4.78, 5) is 25.4. The first-order valence-electron chi connectivity index (χ1n) is 9.44. The van der Waals surface area contributed by atoms with Crippen LogP contribution in [0.5, 0.6) is 0 Å². The highest BCUT2D eigenvalue weighted by molar-refractivity contribution is 5.98. The molecule has 0 aromatic rings. The molecule has 0 spiro atoms. The van der Waals surface area contributed by atoms with Crippen LogP contribution in [-0.4, -0.2) is 59.9 Å². The molecule has 1 saturated heterocycles. The molecule has 1 rings (SSSR count). The molecule has 1 heterocycles. The minimum atomic E-state index is -1.09. The van der Waals surface area contributed by atoms with Crippen LogP contribution in [0, 0.1) is 5.92 Å². The molecule has 2 N–H and O–H groups in total. The van der Waals surface area contributed by atoms with Gasteiger partial charge in [-0.05, 0) is 38.1 Å². The van der Waals surface area contributed by atoms with E-state index in [0.29, 0.717) is 12.8 Å². The number of hydrogen-bond donors (Lipinski definition) is 2. The van der Waals surface area contributed by atoms with E-state index in [9.17, 15) is 19.8 Å². The molecule has 1 aliphatic heterocycles. The minimum absolute atomic E-state index is 0.0789. The molecule has 1 fully saturated rings. The van der Waals surface area contributed by atoms with Crippen LogP contribution in [0.2, 0.25) is 0 Å². The van der Waals surface area contributed by atoms with Gasteiger partial charge in [-0.25, -0.2) is 9.59 Å². The third-order valence-corrected chi connectivity index (χ3v) is 4.88. The fraction of sp³-hybridized carbons (Fsp3) is 0.789. The molecule has 25 heavy (non-hydrogen) atoms. The summed E-state index contributed by atoms with van der Waals surface area (Å²) in [5, 5.41) is 18.8. The quantitative estimate of drug-likeness (QED) is 0.413. The molecule has 0 aromatic heterocycles. The molecular weight excluding hydrogens is 322 g/mol. The van der Waals surface area contributed by atoms with Crippen LogP contribution in [0.25, 0.3) is 0 Å². The number of aliphatic carboxylic acids is 2. The average molecular weight is 355 g/mol. The van der Waals surface area contributed by atoms with E-state index in [1.165, 1.54) is 0 Å². The van der Waals surface area contributed by atoms with Gasteiger partial charge < -0.3 is 14.9 Å². The molecule has 0 radical (unpaired) electrons. The van der Waals surface area contributed by atoms with Crippen molar-refractivity contribution >= 4 is 11.9 Å².